The molecule has 1 fully saturated rings. The number of carbonyl (C=O) groups is 2. The van der Waals surface area contributed by atoms with Crippen LogP contribution in [-0.4, -0.2) is 50.0 Å². The number of carbonyl (C=O) groups excluding carboxylic acids is 2. The summed E-state index contributed by atoms with van der Waals surface area (Å²) in [5.41, 5.74) is 6.25. The quantitative estimate of drug-likeness (QED) is 0.757. The van der Waals surface area contributed by atoms with Crippen LogP contribution in [0.1, 0.15) is 18.4 Å². The van der Waals surface area contributed by atoms with Gasteiger partial charge in [0.15, 0.2) is 0 Å². The van der Waals surface area contributed by atoms with E-state index in [4.69, 9.17) is 10.5 Å². The van der Waals surface area contributed by atoms with Crippen LogP contribution in [0.4, 0.5) is 0 Å². The molecule has 1 aromatic carbocycles. The maximum absolute atomic E-state index is 12.6. The molecule has 1 aliphatic heterocycles. The highest BCUT2D eigenvalue weighted by molar-refractivity contribution is 9.10. The zero-order valence-corrected chi connectivity index (χ0v) is 15.5. The van der Waals surface area contributed by atoms with Crippen LogP contribution >= 0.6 is 15.9 Å². The molecular formula is C17H24BrN3O3. The summed E-state index contributed by atoms with van der Waals surface area (Å²) in [7, 11) is 1.59. The number of methoxy groups -OCH3 is 1. The van der Waals surface area contributed by atoms with E-state index < -0.39 is 0 Å². The first-order chi connectivity index (χ1) is 11.5. The summed E-state index contributed by atoms with van der Waals surface area (Å²) in [6, 6.07) is 5.61. The Kier molecular flexibility index (Phi) is 7.05. The molecule has 0 aromatic heterocycles. The number of nitrogens with zero attached hydrogens (tertiary/aromatic N) is 1. The Balaban J connectivity index is 1.99. The van der Waals surface area contributed by atoms with Gasteiger partial charge in [0.2, 0.25) is 11.8 Å². The summed E-state index contributed by atoms with van der Waals surface area (Å²) in [5, 5.41) is 2.81. The van der Waals surface area contributed by atoms with E-state index >= 15 is 0 Å². The maximum atomic E-state index is 12.6. The van der Waals surface area contributed by atoms with E-state index in [1.807, 2.05) is 18.2 Å². The molecule has 0 aliphatic carbocycles. The van der Waals surface area contributed by atoms with E-state index in [1.54, 1.807) is 12.0 Å². The van der Waals surface area contributed by atoms with Gasteiger partial charge in [-0.1, -0.05) is 15.9 Å². The number of rotatable bonds is 6. The number of halogens is 1. The van der Waals surface area contributed by atoms with Crippen molar-refractivity contribution in [1.29, 1.82) is 0 Å². The average Bonchev–Trinajstić information content (AvgIpc) is 2.60. The largest absolute Gasteiger partial charge is 0.496 e. The van der Waals surface area contributed by atoms with Crippen LogP contribution in [0.15, 0.2) is 22.7 Å². The first kappa shape index (κ1) is 18.7. The highest BCUT2D eigenvalue weighted by Gasteiger charge is 2.28. The van der Waals surface area contributed by atoms with Gasteiger partial charge in [-0.15, -0.1) is 0 Å². The van der Waals surface area contributed by atoms with E-state index in [-0.39, 0.29) is 24.2 Å². The number of likely N-dealkylation sites (tertiary alicyclic amines) is 1. The summed E-state index contributed by atoms with van der Waals surface area (Å²) >= 11 is 3.42. The first-order valence-electron chi connectivity index (χ1n) is 8.13. The zero-order valence-electron chi connectivity index (χ0n) is 13.9. The number of hydrogen-bond donors (Lipinski definition) is 2. The summed E-state index contributed by atoms with van der Waals surface area (Å²) in [5.74, 6) is 0.542. The Labute approximate surface area is 150 Å². The zero-order chi connectivity index (χ0) is 17.5. The predicted octanol–water partition coefficient (Wildman–Crippen LogP) is 1.31. The van der Waals surface area contributed by atoms with Gasteiger partial charge < -0.3 is 20.7 Å². The predicted molar refractivity (Wildman–Crippen MR) is 95.8 cm³/mol. The molecule has 2 rings (SSSR count). The summed E-state index contributed by atoms with van der Waals surface area (Å²) in [4.78, 5) is 26.5. The minimum atomic E-state index is -0.154. The molecule has 7 heteroatoms. The number of nitrogens with two attached hydrogens (primary N) is 1. The lowest BCUT2D eigenvalue weighted by Crippen LogP contribution is -2.46. The molecular weight excluding hydrogens is 374 g/mol. The molecule has 24 heavy (non-hydrogen) atoms. The molecule has 132 valence electrons. The fourth-order valence-corrected chi connectivity index (χ4v) is 3.33. The Bertz CT molecular complexity index is 594. The highest BCUT2D eigenvalue weighted by atomic mass is 79.9. The minimum Gasteiger partial charge on any atom is -0.496 e. The molecule has 0 bridgehead atoms. The van der Waals surface area contributed by atoms with Crippen LogP contribution in [0.2, 0.25) is 0 Å². The smallest absolute Gasteiger partial charge is 0.227 e. The summed E-state index contributed by atoms with van der Waals surface area (Å²) in [6.45, 7) is 2.05. The van der Waals surface area contributed by atoms with Crippen molar-refractivity contribution < 1.29 is 14.3 Å². The van der Waals surface area contributed by atoms with Crippen molar-refractivity contribution in [2.45, 2.75) is 19.3 Å². The Morgan fingerprint density at radius 2 is 2.25 bits per heavy atom. The molecule has 1 aliphatic rings. The summed E-state index contributed by atoms with van der Waals surface area (Å²) < 4.78 is 6.23. The second-order valence-corrected chi connectivity index (χ2v) is 6.81. The second-order valence-electron chi connectivity index (χ2n) is 5.89. The molecule has 6 nitrogen and oxygen atoms in total. The SMILES string of the molecule is COc1ccc(Br)cc1CC(=O)N1CCCC(C(=O)NCCN)C1. The number of ether oxygens (including phenoxy) is 1. The van der Waals surface area contributed by atoms with E-state index in [0.29, 0.717) is 31.9 Å². The van der Waals surface area contributed by atoms with E-state index in [0.717, 1.165) is 22.9 Å². The van der Waals surface area contributed by atoms with Gasteiger partial charge in [-0.3, -0.25) is 9.59 Å². The van der Waals surface area contributed by atoms with Gasteiger partial charge in [-0.05, 0) is 31.0 Å². The molecule has 1 unspecified atom stereocenters. The lowest BCUT2D eigenvalue weighted by molar-refractivity contribution is -0.135. The Morgan fingerprint density at radius 1 is 1.46 bits per heavy atom. The van der Waals surface area contributed by atoms with Crippen molar-refractivity contribution in [3.63, 3.8) is 0 Å². The minimum absolute atomic E-state index is 0.0158. The van der Waals surface area contributed by atoms with Gasteiger partial charge in [0.25, 0.3) is 0 Å². The second kappa shape index (κ2) is 9.03. The van der Waals surface area contributed by atoms with Crippen LogP contribution in [0.25, 0.3) is 0 Å². The third-order valence-electron chi connectivity index (χ3n) is 4.17. The molecule has 0 saturated carbocycles. The topological polar surface area (TPSA) is 84.7 Å². The standard InChI is InChI=1S/C17H24BrN3O3/c1-24-15-5-4-14(18)9-13(15)10-16(22)21-8-2-3-12(11-21)17(23)20-7-6-19/h4-5,9,12H,2-3,6-8,10-11,19H2,1H3,(H,20,23). The van der Waals surface area contributed by atoms with Crippen molar-refractivity contribution >= 4 is 27.7 Å². The number of hydrogen-bond acceptors (Lipinski definition) is 4. The lowest BCUT2D eigenvalue weighted by atomic mass is 9.96. The van der Waals surface area contributed by atoms with E-state index in [2.05, 4.69) is 21.2 Å². The third-order valence-corrected chi connectivity index (χ3v) is 4.67. The van der Waals surface area contributed by atoms with Gasteiger partial charge >= 0.3 is 0 Å². The first-order valence-corrected chi connectivity index (χ1v) is 8.92. The maximum Gasteiger partial charge on any atom is 0.227 e. The van der Waals surface area contributed by atoms with Crippen LogP contribution < -0.4 is 15.8 Å². The van der Waals surface area contributed by atoms with Crippen LogP contribution in [0.3, 0.4) is 0 Å². The fraction of sp³-hybridized carbons (Fsp3) is 0.529. The number of piperidine rings is 1. The van der Waals surface area contributed by atoms with Crippen molar-refractivity contribution in [1.82, 2.24) is 10.2 Å². The van der Waals surface area contributed by atoms with Gasteiger partial charge in [0.1, 0.15) is 5.75 Å². The van der Waals surface area contributed by atoms with Gasteiger partial charge in [0.05, 0.1) is 19.4 Å². The van der Waals surface area contributed by atoms with Crippen molar-refractivity contribution in [3.8, 4) is 5.75 Å². The number of nitrogens with one attached hydrogen (secondary N) is 1. The Hall–Kier alpha value is -1.60. The number of benzene rings is 1. The van der Waals surface area contributed by atoms with Crippen molar-refractivity contribution in [3.05, 3.63) is 28.2 Å². The molecule has 1 saturated heterocycles. The fourth-order valence-electron chi connectivity index (χ4n) is 2.92. The molecule has 3 N–H and O–H groups in total. The van der Waals surface area contributed by atoms with Crippen molar-refractivity contribution in [2.75, 3.05) is 33.3 Å². The summed E-state index contributed by atoms with van der Waals surface area (Å²) in [6.07, 6.45) is 1.90. The van der Waals surface area contributed by atoms with E-state index in [1.165, 1.54) is 0 Å². The van der Waals surface area contributed by atoms with Gasteiger partial charge in [-0.2, -0.15) is 0 Å². The number of amides is 2. The highest BCUT2D eigenvalue weighted by Crippen LogP contribution is 2.25. The van der Waals surface area contributed by atoms with Crippen LogP contribution in [0, 0.1) is 5.92 Å². The van der Waals surface area contributed by atoms with Gasteiger partial charge in [-0.25, -0.2) is 0 Å². The van der Waals surface area contributed by atoms with Crippen molar-refractivity contribution in [2.24, 2.45) is 11.7 Å². The normalized spacial score (nSPS) is 17.5. The molecule has 0 spiro atoms. The third kappa shape index (κ3) is 4.95. The molecule has 1 aromatic rings. The molecule has 1 atom stereocenters. The van der Waals surface area contributed by atoms with Gasteiger partial charge in [0, 0.05) is 36.2 Å². The van der Waals surface area contributed by atoms with Crippen LogP contribution in [0.5, 0.6) is 5.75 Å². The monoisotopic (exact) mass is 397 g/mol. The molecule has 1 heterocycles. The average molecular weight is 398 g/mol. The molecule has 0 radical (unpaired) electrons. The molecule has 2 amide bonds. The lowest BCUT2D eigenvalue weighted by Gasteiger charge is -2.32. The van der Waals surface area contributed by atoms with E-state index in [9.17, 15) is 9.59 Å². The van der Waals surface area contributed by atoms with Crippen LogP contribution in [-0.2, 0) is 16.0 Å². The Morgan fingerprint density at radius 3 is 2.96 bits per heavy atom.